The molecule has 164 valence electrons. The predicted octanol–water partition coefficient (Wildman–Crippen LogP) is 3.68. The fraction of sp³-hybridized carbons (Fsp3) is 0.348. The van der Waals surface area contributed by atoms with Gasteiger partial charge in [-0.15, -0.1) is 10.2 Å². The van der Waals surface area contributed by atoms with Crippen molar-refractivity contribution < 1.29 is 14.2 Å². The molecule has 3 aromatic rings. The zero-order valence-electron chi connectivity index (χ0n) is 17.4. The predicted molar refractivity (Wildman–Crippen MR) is 118 cm³/mol. The highest BCUT2D eigenvalue weighted by Gasteiger charge is 2.42. The standard InChI is InChI=1S/C23H22ClN5O3/c24-17-4-5-19-16(13-17)14-23(30-11-12-31-23)15-20-26-27-22(29(19)20)28-9-6-18(7-10-28)32-21-3-1-2-8-25-21/h1-5,8,11-13,18H,6-7,9-10,14-15H2. The molecule has 5 heterocycles. The summed E-state index contributed by atoms with van der Waals surface area (Å²) in [6.45, 7) is 1.64. The van der Waals surface area contributed by atoms with Crippen molar-refractivity contribution in [3.05, 3.63) is 71.5 Å². The Labute approximate surface area is 190 Å². The van der Waals surface area contributed by atoms with E-state index >= 15 is 0 Å². The first-order valence-electron chi connectivity index (χ1n) is 10.8. The van der Waals surface area contributed by atoms with Gasteiger partial charge in [-0.05, 0) is 29.8 Å². The molecule has 0 amide bonds. The van der Waals surface area contributed by atoms with Gasteiger partial charge in [-0.2, -0.15) is 0 Å². The van der Waals surface area contributed by atoms with E-state index < -0.39 is 5.79 Å². The Bertz CT molecular complexity index is 1150. The molecule has 2 aromatic heterocycles. The summed E-state index contributed by atoms with van der Waals surface area (Å²) in [7, 11) is 0. The van der Waals surface area contributed by atoms with Crippen LogP contribution in [0.2, 0.25) is 5.02 Å². The molecule has 3 aliphatic rings. The number of fused-ring (bicyclic) bond motifs is 3. The van der Waals surface area contributed by atoms with Crippen LogP contribution in [0.25, 0.3) is 5.69 Å². The minimum absolute atomic E-state index is 0.133. The van der Waals surface area contributed by atoms with Crippen molar-refractivity contribution >= 4 is 17.5 Å². The molecule has 9 heteroatoms. The molecule has 32 heavy (non-hydrogen) atoms. The molecule has 6 rings (SSSR count). The number of halogens is 1. The number of benzene rings is 1. The SMILES string of the molecule is Clc1ccc2c(c1)CC1(Cc3nnc(N4CCC(Oc5ccccn5)CC4)n3-2)OC=CO1. The van der Waals surface area contributed by atoms with Gasteiger partial charge in [0.15, 0.2) is 0 Å². The summed E-state index contributed by atoms with van der Waals surface area (Å²) in [6, 6.07) is 11.6. The van der Waals surface area contributed by atoms with E-state index in [0.29, 0.717) is 23.7 Å². The lowest BCUT2D eigenvalue weighted by molar-refractivity contribution is -0.139. The Hall–Kier alpha value is -3.26. The number of nitrogens with zero attached hydrogens (tertiary/aromatic N) is 5. The van der Waals surface area contributed by atoms with Gasteiger partial charge in [-0.1, -0.05) is 17.7 Å². The Morgan fingerprint density at radius 2 is 1.88 bits per heavy atom. The molecule has 0 unspecified atom stereocenters. The van der Waals surface area contributed by atoms with Gasteiger partial charge < -0.3 is 19.1 Å². The Morgan fingerprint density at radius 3 is 2.66 bits per heavy atom. The molecule has 1 saturated heterocycles. The third-order valence-corrected chi connectivity index (χ3v) is 6.39. The minimum atomic E-state index is -0.818. The second-order valence-electron chi connectivity index (χ2n) is 8.27. The highest BCUT2D eigenvalue weighted by molar-refractivity contribution is 6.30. The van der Waals surface area contributed by atoms with Crippen molar-refractivity contribution in [1.29, 1.82) is 0 Å². The number of ether oxygens (including phenoxy) is 3. The third-order valence-electron chi connectivity index (χ3n) is 6.15. The second kappa shape index (κ2) is 7.70. The van der Waals surface area contributed by atoms with Crippen molar-refractivity contribution in [2.75, 3.05) is 18.0 Å². The average molecular weight is 452 g/mol. The van der Waals surface area contributed by atoms with E-state index in [0.717, 1.165) is 49.0 Å². The van der Waals surface area contributed by atoms with Crippen LogP contribution in [0.15, 0.2) is 55.1 Å². The smallest absolute Gasteiger partial charge is 0.260 e. The van der Waals surface area contributed by atoms with Crippen molar-refractivity contribution in [1.82, 2.24) is 19.7 Å². The summed E-state index contributed by atoms with van der Waals surface area (Å²) in [5.41, 5.74) is 2.04. The van der Waals surface area contributed by atoms with E-state index in [1.807, 2.05) is 36.4 Å². The van der Waals surface area contributed by atoms with Crippen LogP contribution in [0.3, 0.4) is 0 Å². The topological polar surface area (TPSA) is 74.5 Å². The van der Waals surface area contributed by atoms with Crippen LogP contribution < -0.4 is 9.64 Å². The van der Waals surface area contributed by atoms with E-state index in [1.165, 1.54) is 0 Å². The van der Waals surface area contributed by atoms with Gasteiger partial charge in [-0.3, -0.25) is 4.57 Å². The van der Waals surface area contributed by atoms with E-state index in [1.54, 1.807) is 18.7 Å². The summed E-state index contributed by atoms with van der Waals surface area (Å²) >= 11 is 6.33. The minimum Gasteiger partial charge on any atom is -0.474 e. The molecule has 0 atom stereocenters. The molecule has 0 bridgehead atoms. The average Bonchev–Trinajstić information content (AvgIpc) is 3.40. The number of pyridine rings is 1. The van der Waals surface area contributed by atoms with Gasteiger partial charge in [0.05, 0.1) is 18.5 Å². The van der Waals surface area contributed by atoms with Crippen LogP contribution in [0, 0.1) is 0 Å². The largest absolute Gasteiger partial charge is 0.474 e. The Balaban J connectivity index is 1.28. The van der Waals surface area contributed by atoms with E-state index in [-0.39, 0.29) is 6.10 Å². The molecule has 0 radical (unpaired) electrons. The summed E-state index contributed by atoms with van der Waals surface area (Å²) < 4.78 is 19.9. The molecule has 3 aliphatic heterocycles. The molecule has 1 aromatic carbocycles. The number of anilines is 1. The molecule has 0 saturated carbocycles. The van der Waals surface area contributed by atoms with E-state index in [9.17, 15) is 0 Å². The third kappa shape index (κ3) is 3.44. The quantitative estimate of drug-likeness (QED) is 0.601. The molecular weight excluding hydrogens is 430 g/mol. The molecule has 8 nitrogen and oxygen atoms in total. The number of aromatic nitrogens is 4. The van der Waals surface area contributed by atoms with Crippen LogP contribution in [-0.2, 0) is 22.3 Å². The lowest BCUT2D eigenvalue weighted by Gasteiger charge is -2.32. The molecule has 0 aliphatic carbocycles. The monoisotopic (exact) mass is 451 g/mol. The zero-order valence-corrected chi connectivity index (χ0v) is 18.1. The summed E-state index contributed by atoms with van der Waals surface area (Å²) in [5.74, 6) is 1.48. The summed E-state index contributed by atoms with van der Waals surface area (Å²) in [4.78, 5) is 6.54. The van der Waals surface area contributed by atoms with Gasteiger partial charge in [0.1, 0.15) is 24.5 Å². The van der Waals surface area contributed by atoms with Crippen molar-refractivity contribution in [2.24, 2.45) is 0 Å². The van der Waals surface area contributed by atoms with Crippen LogP contribution >= 0.6 is 11.6 Å². The van der Waals surface area contributed by atoms with Crippen molar-refractivity contribution in [3.8, 4) is 11.6 Å². The maximum absolute atomic E-state index is 6.33. The first-order valence-corrected chi connectivity index (χ1v) is 11.1. The normalized spacial score (nSPS) is 19.1. The number of hydrogen-bond donors (Lipinski definition) is 0. The van der Waals surface area contributed by atoms with Gasteiger partial charge in [0.25, 0.3) is 5.79 Å². The zero-order chi connectivity index (χ0) is 21.5. The van der Waals surface area contributed by atoms with E-state index in [4.69, 9.17) is 25.8 Å². The van der Waals surface area contributed by atoms with Crippen LogP contribution in [-0.4, -0.2) is 44.7 Å². The first-order chi connectivity index (χ1) is 15.7. The molecule has 1 spiro atoms. The lowest BCUT2D eigenvalue weighted by Crippen LogP contribution is -2.39. The van der Waals surface area contributed by atoms with Gasteiger partial charge in [0.2, 0.25) is 11.8 Å². The Morgan fingerprint density at radius 1 is 1.03 bits per heavy atom. The first kappa shape index (κ1) is 19.4. The van der Waals surface area contributed by atoms with Crippen molar-refractivity contribution in [2.45, 2.75) is 37.6 Å². The Kier molecular flexibility index (Phi) is 4.68. The number of rotatable bonds is 3. The number of hydrogen-bond acceptors (Lipinski definition) is 7. The maximum Gasteiger partial charge on any atom is 0.260 e. The fourth-order valence-electron chi connectivity index (χ4n) is 4.64. The van der Waals surface area contributed by atoms with Crippen LogP contribution in [0.5, 0.6) is 5.88 Å². The highest BCUT2D eigenvalue weighted by atomic mass is 35.5. The molecule has 1 fully saturated rings. The molecular formula is C23H22ClN5O3. The maximum atomic E-state index is 6.33. The van der Waals surface area contributed by atoms with Crippen LogP contribution in [0.4, 0.5) is 5.95 Å². The summed E-state index contributed by atoms with van der Waals surface area (Å²) in [5, 5.41) is 9.77. The highest BCUT2D eigenvalue weighted by Crippen LogP contribution is 2.38. The summed E-state index contributed by atoms with van der Waals surface area (Å²) in [6.07, 6.45) is 7.87. The lowest BCUT2D eigenvalue weighted by atomic mass is 10.0. The van der Waals surface area contributed by atoms with Gasteiger partial charge in [0, 0.05) is 43.2 Å². The van der Waals surface area contributed by atoms with Gasteiger partial charge >= 0.3 is 0 Å². The fourth-order valence-corrected chi connectivity index (χ4v) is 4.83. The second-order valence-corrected chi connectivity index (χ2v) is 8.71. The van der Waals surface area contributed by atoms with E-state index in [2.05, 4.69) is 24.6 Å². The van der Waals surface area contributed by atoms with Crippen molar-refractivity contribution in [3.63, 3.8) is 0 Å². The number of piperidine rings is 1. The van der Waals surface area contributed by atoms with Gasteiger partial charge in [-0.25, -0.2) is 4.98 Å². The molecule has 0 N–H and O–H groups in total. The van der Waals surface area contributed by atoms with Crippen LogP contribution in [0.1, 0.15) is 24.2 Å².